The normalized spacial score (nSPS) is 10.6. The number of nitrogens with one attached hydrogen (secondary N) is 1. The van der Waals surface area contributed by atoms with Gasteiger partial charge in [0.25, 0.3) is 0 Å². The molecule has 0 spiro atoms. The standard InChI is InChI=1S/C18H22N2O2/c1-12(2)16-10-14(5-6-17(16)22-4)11-18(21)20-15-7-8-19-13(3)9-15/h5-10,12H,11H2,1-4H3,(H,19,20,21). The lowest BCUT2D eigenvalue weighted by atomic mass is 9.98. The topological polar surface area (TPSA) is 51.2 Å². The Hall–Kier alpha value is -2.36. The zero-order chi connectivity index (χ0) is 16.1. The van der Waals surface area contributed by atoms with Gasteiger partial charge < -0.3 is 10.1 Å². The van der Waals surface area contributed by atoms with Crippen molar-refractivity contribution in [1.29, 1.82) is 0 Å². The van der Waals surface area contributed by atoms with Gasteiger partial charge in [0, 0.05) is 17.6 Å². The summed E-state index contributed by atoms with van der Waals surface area (Å²) in [4.78, 5) is 16.3. The van der Waals surface area contributed by atoms with Crippen LogP contribution in [-0.2, 0) is 11.2 Å². The number of methoxy groups -OCH3 is 1. The van der Waals surface area contributed by atoms with E-state index in [0.717, 1.165) is 28.3 Å². The number of pyridine rings is 1. The van der Waals surface area contributed by atoms with Crippen LogP contribution in [0, 0.1) is 6.92 Å². The maximum absolute atomic E-state index is 12.2. The molecule has 0 aliphatic carbocycles. The van der Waals surface area contributed by atoms with Crippen molar-refractivity contribution in [3.63, 3.8) is 0 Å². The number of anilines is 1. The van der Waals surface area contributed by atoms with Crippen LogP contribution in [0.3, 0.4) is 0 Å². The van der Waals surface area contributed by atoms with Crippen molar-refractivity contribution in [1.82, 2.24) is 4.98 Å². The molecule has 0 radical (unpaired) electrons. The third-order valence-corrected chi connectivity index (χ3v) is 3.46. The minimum absolute atomic E-state index is 0.0366. The first-order valence-corrected chi connectivity index (χ1v) is 7.39. The molecule has 0 aliphatic rings. The van der Waals surface area contributed by atoms with Crippen molar-refractivity contribution in [3.05, 3.63) is 53.3 Å². The predicted octanol–water partition coefficient (Wildman–Crippen LogP) is 3.70. The smallest absolute Gasteiger partial charge is 0.228 e. The van der Waals surface area contributed by atoms with E-state index in [1.165, 1.54) is 0 Å². The summed E-state index contributed by atoms with van der Waals surface area (Å²) in [6.45, 7) is 6.12. The van der Waals surface area contributed by atoms with E-state index >= 15 is 0 Å². The molecule has 2 rings (SSSR count). The molecule has 2 aromatic rings. The van der Waals surface area contributed by atoms with Crippen LogP contribution in [0.5, 0.6) is 5.75 Å². The molecular weight excluding hydrogens is 276 g/mol. The first-order chi connectivity index (χ1) is 10.5. The summed E-state index contributed by atoms with van der Waals surface area (Å²) in [7, 11) is 1.67. The monoisotopic (exact) mass is 298 g/mol. The van der Waals surface area contributed by atoms with Gasteiger partial charge in [0.2, 0.25) is 5.91 Å². The number of aryl methyl sites for hydroxylation is 1. The number of ether oxygens (including phenoxy) is 1. The molecule has 4 heteroatoms. The average Bonchev–Trinajstić information content (AvgIpc) is 2.47. The number of hydrogen-bond donors (Lipinski definition) is 1. The van der Waals surface area contributed by atoms with Crippen molar-refractivity contribution in [2.75, 3.05) is 12.4 Å². The number of aromatic nitrogens is 1. The lowest BCUT2D eigenvalue weighted by Crippen LogP contribution is -2.14. The van der Waals surface area contributed by atoms with Crippen molar-refractivity contribution in [3.8, 4) is 5.75 Å². The Bertz CT molecular complexity index is 666. The van der Waals surface area contributed by atoms with Gasteiger partial charge in [-0.25, -0.2) is 0 Å². The first-order valence-electron chi connectivity index (χ1n) is 7.39. The van der Waals surface area contributed by atoms with Crippen LogP contribution in [0.1, 0.15) is 36.6 Å². The molecule has 0 atom stereocenters. The predicted molar refractivity (Wildman–Crippen MR) is 88.4 cm³/mol. The van der Waals surface area contributed by atoms with E-state index in [1.807, 2.05) is 31.2 Å². The number of benzene rings is 1. The van der Waals surface area contributed by atoms with Crippen molar-refractivity contribution >= 4 is 11.6 Å². The molecule has 0 aliphatic heterocycles. The van der Waals surface area contributed by atoms with Crippen LogP contribution in [0.4, 0.5) is 5.69 Å². The Labute approximate surface area is 131 Å². The van der Waals surface area contributed by atoms with E-state index in [-0.39, 0.29) is 5.91 Å². The third kappa shape index (κ3) is 4.07. The highest BCUT2D eigenvalue weighted by Crippen LogP contribution is 2.27. The molecule has 0 unspecified atom stereocenters. The second-order valence-electron chi connectivity index (χ2n) is 5.64. The molecule has 4 nitrogen and oxygen atoms in total. The molecule has 1 aromatic carbocycles. The van der Waals surface area contributed by atoms with Gasteiger partial charge in [-0.2, -0.15) is 0 Å². The Morgan fingerprint density at radius 1 is 1.27 bits per heavy atom. The Morgan fingerprint density at radius 2 is 2.05 bits per heavy atom. The van der Waals surface area contributed by atoms with Crippen LogP contribution >= 0.6 is 0 Å². The summed E-state index contributed by atoms with van der Waals surface area (Å²) in [6.07, 6.45) is 2.03. The highest BCUT2D eigenvalue weighted by molar-refractivity contribution is 5.92. The van der Waals surface area contributed by atoms with Crippen LogP contribution < -0.4 is 10.1 Å². The highest BCUT2D eigenvalue weighted by atomic mass is 16.5. The Morgan fingerprint density at radius 3 is 2.68 bits per heavy atom. The second-order valence-corrected chi connectivity index (χ2v) is 5.64. The molecule has 0 saturated carbocycles. The zero-order valence-electron chi connectivity index (χ0n) is 13.5. The van der Waals surface area contributed by atoms with Gasteiger partial charge in [0.15, 0.2) is 0 Å². The van der Waals surface area contributed by atoms with E-state index in [1.54, 1.807) is 19.4 Å². The minimum Gasteiger partial charge on any atom is -0.496 e. The number of carbonyl (C=O) groups excluding carboxylic acids is 1. The lowest BCUT2D eigenvalue weighted by Gasteiger charge is -2.13. The van der Waals surface area contributed by atoms with E-state index in [0.29, 0.717) is 12.3 Å². The van der Waals surface area contributed by atoms with Crippen molar-refractivity contribution < 1.29 is 9.53 Å². The number of rotatable bonds is 5. The molecule has 1 amide bonds. The number of hydrogen-bond acceptors (Lipinski definition) is 3. The second kappa shape index (κ2) is 7.07. The fourth-order valence-corrected chi connectivity index (χ4v) is 2.36. The van der Waals surface area contributed by atoms with Gasteiger partial charge in [-0.15, -0.1) is 0 Å². The van der Waals surface area contributed by atoms with Crippen LogP contribution in [0.15, 0.2) is 36.5 Å². The van der Waals surface area contributed by atoms with Crippen molar-refractivity contribution in [2.24, 2.45) is 0 Å². The highest BCUT2D eigenvalue weighted by Gasteiger charge is 2.11. The summed E-state index contributed by atoms with van der Waals surface area (Å²) in [6, 6.07) is 9.54. The molecule has 1 heterocycles. The minimum atomic E-state index is -0.0366. The largest absolute Gasteiger partial charge is 0.496 e. The van der Waals surface area contributed by atoms with Gasteiger partial charge in [0.05, 0.1) is 13.5 Å². The number of nitrogens with zero attached hydrogens (tertiary/aromatic N) is 1. The maximum atomic E-state index is 12.2. The fraction of sp³-hybridized carbons (Fsp3) is 0.333. The summed E-state index contributed by atoms with van der Waals surface area (Å²) in [5, 5.41) is 2.90. The molecule has 0 bridgehead atoms. The molecular formula is C18H22N2O2. The van der Waals surface area contributed by atoms with E-state index < -0.39 is 0 Å². The van der Waals surface area contributed by atoms with E-state index in [2.05, 4.69) is 24.1 Å². The zero-order valence-corrected chi connectivity index (χ0v) is 13.5. The summed E-state index contributed by atoms with van der Waals surface area (Å²) in [5.74, 6) is 1.18. The average molecular weight is 298 g/mol. The summed E-state index contributed by atoms with van der Waals surface area (Å²) in [5.41, 5.74) is 3.75. The summed E-state index contributed by atoms with van der Waals surface area (Å²) >= 11 is 0. The fourth-order valence-electron chi connectivity index (χ4n) is 2.36. The molecule has 0 fully saturated rings. The van der Waals surface area contributed by atoms with E-state index in [9.17, 15) is 4.79 Å². The van der Waals surface area contributed by atoms with E-state index in [4.69, 9.17) is 4.74 Å². The quantitative estimate of drug-likeness (QED) is 0.915. The Balaban J connectivity index is 2.10. The van der Waals surface area contributed by atoms with Crippen molar-refractivity contribution in [2.45, 2.75) is 33.1 Å². The molecule has 1 aromatic heterocycles. The van der Waals surface area contributed by atoms with Gasteiger partial charge in [0.1, 0.15) is 5.75 Å². The Kier molecular flexibility index (Phi) is 5.15. The number of amides is 1. The molecule has 116 valence electrons. The van der Waals surface area contributed by atoms with Gasteiger partial charge in [-0.05, 0) is 42.2 Å². The first kappa shape index (κ1) is 16.0. The molecule has 22 heavy (non-hydrogen) atoms. The lowest BCUT2D eigenvalue weighted by molar-refractivity contribution is -0.115. The van der Waals surface area contributed by atoms with Gasteiger partial charge >= 0.3 is 0 Å². The van der Waals surface area contributed by atoms with Crippen LogP contribution in [0.2, 0.25) is 0 Å². The van der Waals surface area contributed by atoms with Gasteiger partial charge in [-0.3, -0.25) is 9.78 Å². The third-order valence-electron chi connectivity index (χ3n) is 3.46. The number of carbonyl (C=O) groups is 1. The molecule has 0 saturated heterocycles. The van der Waals surface area contributed by atoms with Crippen LogP contribution in [0.25, 0.3) is 0 Å². The SMILES string of the molecule is COc1ccc(CC(=O)Nc2ccnc(C)c2)cc1C(C)C. The van der Waals surface area contributed by atoms with Gasteiger partial charge in [-0.1, -0.05) is 26.0 Å². The maximum Gasteiger partial charge on any atom is 0.228 e. The summed E-state index contributed by atoms with van der Waals surface area (Å²) < 4.78 is 5.37. The molecule has 1 N–H and O–H groups in total. The van der Waals surface area contributed by atoms with Crippen LogP contribution in [-0.4, -0.2) is 18.0 Å².